The van der Waals surface area contributed by atoms with E-state index in [1.165, 1.54) is 11.1 Å². The molecule has 0 aliphatic carbocycles. The average Bonchev–Trinajstić information content (AvgIpc) is 3.09. The van der Waals surface area contributed by atoms with Crippen LogP contribution >= 0.6 is 0 Å². The second kappa shape index (κ2) is 8.19. The van der Waals surface area contributed by atoms with Gasteiger partial charge in [0.25, 0.3) is 0 Å². The minimum atomic E-state index is 0.485. The van der Waals surface area contributed by atoms with E-state index in [0.717, 1.165) is 48.6 Å². The summed E-state index contributed by atoms with van der Waals surface area (Å²) in [6.07, 6.45) is 2.97. The molecule has 0 fully saturated rings. The molecule has 2 heterocycles. The molecule has 4 nitrogen and oxygen atoms in total. The van der Waals surface area contributed by atoms with Crippen LogP contribution in [-0.2, 0) is 12.8 Å². The van der Waals surface area contributed by atoms with Gasteiger partial charge in [-0.25, -0.2) is 4.98 Å². The van der Waals surface area contributed by atoms with Crippen LogP contribution < -0.4 is 4.74 Å². The molecule has 0 spiro atoms. The molecule has 0 radical (unpaired) electrons. The zero-order chi connectivity index (χ0) is 19.5. The molecule has 1 aliphatic rings. The van der Waals surface area contributed by atoms with Gasteiger partial charge in [-0.2, -0.15) is 0 Å². The summed E-state index contributed by atoms with van der Waals surface area (Å²) in [5.41, 5.74) is 4.83. The van der Waals surface area contributed by atoms with Gasteiger partial charge in [0.1, 0.15) is 11.5 Å². The van der Waals surface area contributed by atoms with Crippen molar-refractivity contribution in [1.29, 1.82) is 0 Å². The normalized spacial score (nSPS) is 16.8. The standard InChI is InChI=1S/C24H28N2O2/c1-4-23-21-16-20(11-10-18(21)12-14-26(23)3)27-15-13-22-17(2)28-24(25-22)19-8-6-5-7-9-19/h5-11,16,23H,4,12-15H2,1-3H3. The molecular formula is C24H28N2O2. The van der Waals surface area contributed by atoms with Crippen molar-refractivity contribution in [2.75, 3.05) is 20.2 Å². The van der Waals surface area contributed by atoms with E-state index in [2.05, 4.69) is 42.1 Å². The third-order valence-corrected chi connectivity index (χ3v) is 5.65. The van der Waals surface area contributed by atoms with Crippen LogP contribution in [0.5, 0.6) is 5.75 Å². The maximum absolute atomic E-state index is 6.07. The highest BCUT2D eigenvalue weighted by molar-refractivity contribution is 5.53. The van der Waals surface area contributed by atoms with Gasteiger partial charge in [0.15, 0.2) is 0 Å². The highest BCUT2D eigenvalue weighted by Crippen LogP contribution is 2.33. The van der Waals surface area contributed by atoms with Gasteiger partial charge in [0.05, 0.1) is 12.3 Å². The van der Waals surface area contributed by atoms with Crippen LogP contribution in [0.25, 0.3) is 11.5 Å². The zero-order valence-corrected chi connectivity index (χ0v) is 16.9. The number of aryl methyl sites for hydroxylation is 1. The summed E-state index contributed by atoms with van der Waals surface area (Å²) < 4.78 is 11.9. The van der Waals surface area contributed by atoms with Crippen LogP contribution in [0.3, 0.4) is 0 Å². The number of benzene rings is 2. The minimum Gasteiger partial charge on any atom is -0.493 e. The van der Waals surface area contributed by atoms with Crippen molar-refractivity contribution in [2.24, 2.45) is 0 Å². The lowest BCUT2D eigenvalue weighted by molar-refractivity contribution is 0.224. The Labute approximate surface area is 167 Å². The molecule has 4 rings (SSSR count). The SMILES string of the molecule is CCC1c2cc(OCCc3nc(-c4ccccc4)oc3C)ccc2CCN1C. The summed E-state index contributed by atoms with van der Waals surface area (Å²) in [5.74, 6) is 2.48. The first-order valence-corrected chi connectivity index (χ1v) is 10.1. The fraction of sp³-hybridized carbons (Fsp3) is 0.375. The molecule has 1 unspecified atom stereocenters. The van der Waals surface area contributed by atoms with Gasteiger partial charge in [0, 0.05) is 24.6 Å². The fourth-order valence-electron chi connectivity index (χ4n) is 4.05. The molecule has 3 aromatic rings. The van der Waals surface area contributed by atoms with E-state index < -0.39 is 0 Å². The Kier molecular flexibility index (Phi) is 5.49. The maximum Gasteiger partial charge on any atom is 0.226 e. The topological polar surface area (TPSA) is 38.5 Å². The monoisotopic (exact) mass is 376 g/mol. The number of hydrogen-bond acceptors (Lipinski definition) is 4. The summed E-state index contributed by atoms with van der Waals surface area (Å²) in [4.78, 5) is 7.10. The molecule has 0 bridgehead atoms. The van der Waals surface area contributed by atoms with Gasteiger partial charge >= 0.3 is 0 Å². The van der Waals surface area contributed by atoms with E-state index in [4.69, 9.17) is 9.15 Å². The van der Waals surface area contributed by atoms with Crippen LogP contribution in [0, 0.1) is 6.92 Å². The number of nitrogens with zero attached hydrogens (tertiary/aromatic N) is 2. The van der Waals surface area contributed by atoms with E-state index in [1.54, 1.807) is 0 Å². The van der Waals surface area contributed by atoms with E-state index in [1.807, 2.05) is 37.3 Å². The molecule has 1 aromatic heterocycles. The second-order valence-electron chi connectivity index (χ2n) is 7.50. The highest BCUT2D eigenvalue weighted by atomic mass is 16.5. The maximum atomic E-state index is 6.07. The van der Waals surface area contributed by atoms with E-state index in [9.17, 15) is 0 Å². The molecule has 0 saturated heterocycles. The molecule has 2 aromatic carbocycles. The first-order chi connectivity index (χ1) is 13.7. The molecule has 0 amide bonds. The third kappa shape index (κ3) is 3.83. The van der Waals surface area contributed by atoms with Crippen molar-refractivity contribution >= 4 is 0 Å². The van der Waals surface area contributed by atoms with Crippen molar-refractivity contribution in [3.8, 4) is 17.2 Å². The Morgan fingerprint density at radius 1 is 1.18 bits per heavy atom. The molecule has 1 atom stereocenters. The summed E-state index contributed by atoms with van der Waals surface area (Å²) in [7, 11) is 2.21. The number of likely N-dealkylation sites (N-methyl/N-ethyl adjacent to an activating group) is 1. The Balaban J connectivity index is 1.42. The summed E-state index contributed by atoms with van der Waals surface area (Å²) in [5, 5.41) is 0. The fourth-order valence-corrected chi connectivity index (χ4v) is 4.05. The van der Waals surface area contributed by atoms with Crippen molar-refractivity contribution in [2.45, 2.75) is 39.2 Å². The largest absolute Gasteiger partial charge is 0.493 e. The predicted molar refractivity (Wildman–Crippen MR) is 112 cm³/mol. The van der Waals surface area contributed by atoms with E-state index in [0.29, 0.717) is 18.5 Å². The van der Waals surface area contributed by atoms with Gasteiger partial charge in [-0.15, -0.1) is 0 Å². The van der Waals surface area contributed by atoms with Crippen LogP contribution in [0.2, 0.25) is 0 Å². The summed E-state index contributed by atoms with van der Waals surface area (Å²) >= 11 is 0. The van der Waals surface area contributed by atoms with Crippen LogP contribution in [0.4, 0.5) is 0 Å². The van der Waals surface area contributed by atoms with Crippen molar-refractivity contribution in [1.82, 2.24) is 9.88 Å². The number of ether oxygens (including phenoxy) is 1. The lowest BCUT2D eigenvalue weighted by Gasteiger charge is -2.34. The van der Waals surface area contributed by atoms with Gasteiger partial charge in [-0.1, -0.05) is 31.2 Å². The van der Waals surface area contributed by atoms with Crippen LogP contribution in [0.15, 0.2) is 52.9 Å². The lowest BCUT2D eigenvalue weighted by atomic mass is 9.91. The number of aromatic nitrogens is 1. The van der Waals surface area contributed by atoms with Gasteiger partial charge in [-0.05, 0) is 62.2 Å². The van der Waals surface area contributed by atoms with Crippen LogP contribution in [-0.4, -0.2) is 30.1 Å². The number of oxazole rings is 1. The second-order valence-corrected chi connectivity index (χ2v) is 7.50. The highest BCUT2D eigenvalue weighted by Gasteiger charge is 2.23. The summed E-state index contributed by atoms with van der Waals surface area (Å²) in [6.45, 7) is 5.94. The minimum absolute atomic E-state index is 0.485. The summed E-state index contributed by atoms with van der Waals surface area (Å²) in [6, 6.07) is 17.1. The Morgan fingerprint density at radius 3 is 2.79 bits per heavy atom. The first kappa shape index (κ1) is 18.8. The number of rotatable bonds is 6. The molecule has 4 heteroatoms. The van der Waals surface area contributed by atoms with Gasteiger partial charge < -0.3 is 9.15 Å². The quantitative estimate of drug-likeness (QED) is 0.592. The van der Waals surface area contributed by atoms with E-state index >= 15 is 0 Å². The molecule has 28 heavy (non-hydrogen) atoms. The van der Waals surface area contributed by atoms with E-state index in [-0.39, 0.29) is 0 Å². The third-order valence-electron chi connectivity index (χ3n) is 5.65. The average molecular weight is 377 g/mol. The number of hydrogen-bond donors (Lipinski definition) is 0. The first-order valence-electron chi connectivity index (χ1n) is 10.1. The lowest BCUT2D eigenvalue weighted by Crippen LogP contribution is -2.31. The van der Waals surface area contributed by atoms with Crippen molar-refractivity contribution in [3.63, 3.8) is 0 Å². The van der Waals surface area contributed by atoms with Crippen molar-refractivity contribution < 1.29 is 9.15 Å². The van der Waals surface area contributed by atoms with Gasteiger partial charge in [-0.3, -0.25) is 4.90 Å². The zero-order valence-electron chi connectivity index (χ0n) is 16.9. The van der Waals surface area contributed by atoms with Gasteiger partial charge in [0.2, 0.25) is 5.89 Å². The Hall–Kier alpha value is -2.59. The molecule has 146 valence electrons. The van der Waals surface area contributed by atoms with Crippen LogP contribution in [0.1, 0.15) is 42.0 Å². The molecular weight excluding hydrogens is 348 g/mol. The smallest absolute Gasteiger partial charge is 0.226 e. The molecule has 0 N–H and O–H groups in total. The molecule has 0 saturated carbocycles. The molecule has 1 aliphatic heterocycles. The predicted octanol–water partition coefficient (Wildman–Crippen LogP) is 5.21. The Bertz CT molecular complexity index is 933. The Morgan fingerprint density at radius 2 is 2.00 bits per heavy atom. The van der Waals surface area contributed by atoms with Crippen molar-refractivity contribution in [3.05, 3.63) is 71.1 Å². The number of fused-ring (bicyclic) bond motifs is 1.